The third-order valence-corrected chi connectivity index (χ3v) is 9.13. The first-order valence-electron chi connectivity index (χ1n) is 15.0. The second-order valence-electron chi connectivity index (χ2n) is 12.0. The molecular weight excluding hydrogens is 516 g/mol. The summed E-state index contributed by atoms with van der Waals surface area (Å²) in [7, 11) is 1.55. The van der Waals surface area contributed by atoms with E-state index in [0.29, 0.717) is 48.6 Å². The van der Waals surface area contributed by atoms with Gasteiger partial charge < -0.3 is 19.2 Å². The van der Waals surface area contributed by atoms with E-state index in [2.05, 4.69) is 17.1 Å². The normalized spacial score (nSPS) is 24.4. The maximum Gasteiger partial charge on any atom is 0.230 e. The molecule has 214 valence electrons. The lowest BCUT2D eigenvalue weighted by Crippen LogP contribution is -2.41. The van der Waals surface area contributed by atoms with Gasteiger partial charge in [0.1, 0.15) is 18.0 Å². The van der Waals surface area contributed by atoms with E-state index < -0.39 is 0 Å². The maximum absolute atomic E-state index is 14.0. The van der Waals surface area contributed by atoms with Gasteiger partial charge in [0.25, 0.3) is 0 Å². The molecule has 3 saturated carbocycles. The van der Waals surface area contributed by atoms with Crippen LogP contribution >= 0.6 is 0 Å². The van der Waals surface area contributed by atoms with E-state index in [4.69, 9.17) is 14.1 Å². The van der Waals surface area contributed by atoms with E-state index in [-0.39, 0.29) is 17.9 Å². The van der Waals surface area contributed by atoms with Crippen molar-refractivity contribution in [1.82, 2.24) is 9.97 Å². The molecule has 6 rings (SSSR count). The van der Waals surface area contributed by atoms with Crippen LogP contribution in [0.1, 0.15) is 93.3 Å². The van der Waals surface area contributed by atoms with Crippen LogP contribution in [-0.4, -0.2) is 40.7 Å². The molecule has 0 unspecified atom stereocenters. The molecule has 8 heteroatoms. The fourth-order valence-electron chi connectivity index (χ4n) is 6.47. The Morgan fingerprint density at radius 3 is 2.49 bits per heavy atom. The molecule has 3 aliphatic rings. The molecule has 8 nitrogen and oxygen atoms in total. The minimum Gasteiger partial charge on any atom is -0.494 e. The molecule has 0 spiro atoms. The van der Waals surface area contributed by atoms with Crippen molar-refractivity contribution in [2.45, 2.75) is 82.1 Å². The number of aliphatic hydroxyl groups is 1. The van der Waals surface area contributed by atoms with Gasteiger partial charge in [-0.05, 0) is 94.4 Å². The minimum atomic E-state index is -0.299. The summed E-state index contributed by atoms with van der Waals surface area (Å²) in [6.45, 7) is 0.666. The van der Waals surface area contributed by atoms with E-state index in [0.717, 1.165) is 79.9 Å². The van der Waals surface area contributed by atoms with E-state index in [1.165, 1.54) is 0 Å². The molecule has 0 bridgehead atoms. The number of rotatable bonds is 8. The van der Waals surface area contributed by atoms with Gasteiger partial charge in [-0.25, -0.2) is 9.97 Å². The second-order valence-corrected chi connectivity index (χ2v) is 12.0. The van der Waals surface area contributed by atoms with E-state index in [1.807, 2.05) is 35.2 Å². The summed E-state index contributed by atoms with van der Waals surface area (Å²) in [5.41, 5.74) is 3.94. The first-order valence-corrected chi connectivity index (χ1v) is 15.0. The summed E-state index contributed by atoms with van der Waals surface area (Å²) >= 11 is 0. The molecule has 3 fully saturated rings. The van der Waals surface area contributed by atoms with Gasteiger partial charge in [-0.1, -0.05) is 12.1 Å². The van der Waals surface area contributed by atoms with Gasteiger partial charge in [0.2, 0.25) is 5.91 Å². The standard InChI is InChI=1S/C33H38N4O4/c1-40-31-16-15-28(35-29(31)18-34)22-7-5-21(6-8-22)19-37(33(39)24-11-13-27(38)14-12-24)26-4-2-3-25(17-26)30-20-41-32(36-30)23-9-10-23/h2-4,15-17,20-24,27,38H,5-14,19H2,1H3. The number of nitriles is 1. The quantitative estimate of drug-likeness (QED) is 0.345. The lowest BCUT2D eigenvalue weighted by molar-refractivity contribution is -0.124. The van der Waals surface area contributed by atoms with Crippen molar-refractivity contribution in [3.8, 4) is 23.1 Å². The summed E-state index contributed by atoms with van der Waals surface area (Å²) in [5, 5.41) is 19.5. The van der Waals surface area contributed by atoms with Gasteiger partial charge in [-0.2, -0.15) is 5.26 Å². The van der Waals surface area contributed by atoms with E-state index in [1.54, 1.807) is 13.4 Å². The number of carbonyl (C=O) groups is 1. The molecule has 0 saturated heterocycles. The molecule has 1 aromatic carbocycles. The Bertz CT molecular complexity index is 1410. The van der Waals surface area contributed by atoms with Crippen molar-refractivity contribution in [2.24, 2.45) is 11.8 Å². The number of hydrogen-bond donors (Lipinski definition) is 1. The molecular formula is C33H38N4O4. The number of nitrogens with zero attached hydrogens (tertiary/aromatic N) is 4. The van der Waals surface area contributed by atoms with Crippen molar-refractivity contribution >= 4 is 11.6 Å². The monoisotopic (exact) mass is 554 g/mol. The fraction of sp³-hybridized carbons (Fsp3) is 0.515. The van der Waals surface area contributed by atoms with Gasteiger partial charge in [0.05, 0.1) is 13.2 Å². The van der Waals surface area contributed by atoms with Crippen LogP contribution in [0.25, 0.3) is 11.3 Å². The number of hydrogen-bond acceptors (Lipinski definition) is 7. The Morgan fingerprint density at radius 2 is 1.78 bits per heavy atom. The van der Waals surface area contributed by atoms with Gasteiger partial charge in [-0.3, -0.25) is 4.79 Å². The van der Waals surface area contributed by atoms with Crippen LogP contribution in [0.2, 0.25) is 0 Å². The van der Waals surface area contributed by atoms with Crippen molar-refractivity contribution in [1.29, 1.82) is 5.26 Å². The number of aliphatic hydroxyl groups excluding tert-OH is 1. The number of aromatic nitrogens is 2. The number of methoxy groups -OCH3 is 1. The largest absolute Gasteiger partial charge is 0.494 e. The Hall–Kier alpha value is -3.70. The zero-order valence-electron chi connectivity index (χ0n) is 23.7. The van der Waals surface area contributed by atoms with E-state index >= 15 is 0 Å². The zero-order chi connectivity index (χ0) is 28.3. The summed E-state index contributed by atoms with van der Waals surface area (Å²) in [5.74, 6) is 2.52. The van der Waals surface area contributed by atoms with Crippen molar-refractivity contribution in [2.75, 3.05) is 18.6 Å². The summed E-state index contributed by atoms with van der Waals surface area (Å²) in [6, 6.07) is 14.1. The Balaban J connectivity index is 1.19. The average molecular weight is 555 g/mol. The number of ether oxygens (including phenoxy) is 1. The highest BCUT2D eigenvalue weighted by atomic mass is 16.5. The number of oxazole rings is 1. The average Bonchev–Trinajstić information content (AvgIpc) is 3.75. The number of benzene rings is 1. The molecule has 1 amide bonds. The zero-order valence-corrected chi connectivity index (χ0v) is 23.7. The lowest BCUT2D eigenvalue weighted by Gasteiger charge is -2.35. The SMILES string of the molecule is COc1ccc(C2CCC(CN(C(=O)C3CCC(O)CC3)c3cccc(-c4coc(C5CC5)n4)c3)CC2)nc1C#N. The van der Waals surface area contributed by atoms with Crippen LogP contribution in [0.5, 0.6) is 5.75 Å². The number of pyridine rings is 1. The molecule has 41 heavy (non-hydrogen) atoms. The third-order valence-electron chi connectivity index (χ3n) is 9.13. The highest BCUT2D eigenvalue weighted by Gasteiger charge is 2.33. The van der Waals surface area contributed by atoms with Crippen LogP contribution < -0.4 is 9.64 Å². The molecule has 1 N–H and O–H groups in total. The third kappa shape index (κ3) is 6.15. The van der Waals surface area contributed by atoms with Gasteiger partial charge >= 0.3 is 0 Å². The number of carbonyl (C=O) groups excluding carboxylic acids is 1. The molecule has 0 atom stereocenters. The second kappa shape index (κ2) is 12.0. The van der Waals surface area contributed by atoms with E-state index in [9.17, 15) is 15.2 Å². The highest BCUT2D eigenvalue weighted by molar-refractivity contribution is 5.95. The number of amides is 1. The first kappa shape index (κ1) is 27.5. The van der Waals surface area contributed by atoms with Crippen molar-refractivity contribution < 1.29 is 19.1 Å². The number of anilines is 1. The van der Waals surface area contributed by atoms with Crippen LogP contribution in [0.4, 0.5) is 5.69 Å². The Morgan fingerprint density at radius 1 is 1.02 bits per heavy atom. The Labute approximate surface area is 241 Å². The summed E-state index contributed by atoms with van der Waals surface area (Å²) < 4.78 is 11.0. The predicted octanol–water partition coefficient (Wildman–Crippen LogP) is 6.35. The summed E-state index contributed by atoms with van der Waals surface area (Å²) in [6.07, 6.45) is 10.4. The van der Waals surface area contributed by atoms with Gasteiger partial charge in [-0.15, -0.1) is 0 Å². The maximum atomic E-state index is 14.0. The van der Waals surface area contributed by atoms with Crippen LogP contribution in [0.15, 0.2) is 47.1 Å². The molecule has 3 aromatic rings. The summed E-state index contributed by atoms with van der Waals surface area (Å²) in [4.78, 5) is 25.3. The Kier molecular flexibility index (Phi) is 8.06. The molecule has 2 heterocycles. The van der Waals surface area contributed by atoms with Crippen LogP contribution in [0.3, 0.4) is 0 Å². The topological polar surface area (TPSA) is 112 Å². The van der Waals surface area contributed by atoms with Gasteiger partial charge in [0, 0.05) is 41.2 Å². The van der Waals surface area contributed by atoms with Crippen molar-refractivity contribution in [3.05, 3.63) is 59.9 Å². The fourth-order valence-corrected chi connectivity index (χ4v) is 6.47. The van der Waals surface area contributed by atoms with Gasteiger partial charge in [0.15, 0.2) is 17.3 Å². The molecule has 2 aromatic heterocycles. The lowest BCUT2D eigenvalue weighted by atomic mass is 9.79. The highest BCUT2D eigenvalue weighted by Crippen LogP contribution is 2.41. The first-order chi connectivity index (χ1) is 20.0. The minimum absolute atomic E-state index is 0.0696. The molecule has 0 radical (unpaired) electrons. The smallest absolute Gasteiger partial charge is 0.230 e. The van der Waals surface area contributed by atoms with Crippen LogP contribution in [-0.2, 0) is 4.79 Å². The van der Waals surface area contributed by atoms with Crippen LogP contribution in [0, 0.1) is 23.2 Å². The van der Waals surface area contributed by atoms with Crippen molar-refractivity contribution in [3.63, 3.8) is 0 Å². The molecule has 0 aliphatic heterocycles. The molecule has 3 aliphatic carbocycles. The predicted molar refractivity (Wildman–Crippen MR) is 154 cm³/mol.